The van der Waals surface area contributed by atoms with Gasteiger partial charge in [0, 0.05) is 0 Å². The molecule has 1 saturated heterocycles. The molecule has 1 spiro atoms. The van der Waals surface area contributed by atoms with Crippen LogP contribution in [0.2, 0.25) is 0 Å². The van der Waals surface area contributed by atoms with Crippen LogP contribution in [-0.2, 0) is 17.4 Å². The number of nitrogens with zero attached hydrogens (tertiary/aromatic N) is 1. The SMILES string of the molecule is O=C1NC(=Nc2ccc(C(F)(F)F)cc2)SC12CC2Cc1cccc(F)c1. The minimum Gasteiger partial charge on any atom is -0.304 e. The number of hydrogen-bond donors (Lipinski definition) is 1. The summed E-state index contributed by atoms with van der Waals surface area (Å²) in [7, 11) is 0. The zero-order valence-electron chi connectivity index (χ0n) is 13.9. The van der Waals surface area contributed by atoms with Gasteiger partial charge in [-0.15, -0.1) is 0 Å². The van der Waals surface area contributed by atoms with E-state index in [4.69, 9.17) is 0 Å². The number of amides is 1. The number of hydrogen-bond acceptors (Lipinski definition) is 3. The Morgan fingerprint density at radius 2 is 1.93 bits per heavy atom. The first-order chi connectivity index (χ1) is 12.8. The number of alkyl halides is 3. The quantitative estimate of drug-likeness (QED) is 0.767. The van der Waals surface area contributed by atoms with Gasteiger partial charge in [0.2, 0.25) is 5.91 Å². The predicted octanol–water partition coefficient (Wildman–Crippen LogP) is 4.70. The van der Waals surface area contributed by atoms with Gasteiger partial charge in [-0.1, -0.05) is 23.9 Å². The normalized spacial score (nSPS) is 25.9. The number of aliphatic imine (C=N–C) groups is 1. The third-order valence-electron chi connectivity index (χ3n) is 4.73. The first kappa shape index (κ1) is 18.0. The van der Waals surface area contributed by atoms with Gasteiger partial charge in [0.15, 0.2) is 5.17 Å². The molecule has 140 valence electrons. The summed E-state index contributed by atoms with van der Waals surface area (Å²) in [4.78, 5) is 16.6. The van der Waals surface area contributed by atoms with Crippen molar-refractivity contribution in [2.75, 3.05) is 0 Å². The minimum atomic E-state index is -4.40. The maximum Gasteiger partial charge on any atom is 0.416 e. The summed E-state index contributed by atoms with van der Waals surface area (Å²) in [5.74, 6) is -0.389. The topological polar surface area (TPSA) is 41.5 Å². The molecule has 4 rings (SSSR count). The molecule has 2 fully saturated rings. The van der Waals surface area contributed by atoms with Crippen LogP contribution in [-0.4, -0.2) is 15.8 Å². The van der Waals surface area contributed by atoms with Gasteiger partial charge in [-0.05, 0) is 60.7 Å². The van der Waals surface area contributed by atoms with Crippen LogP contribution in [0.25, 0.3) is 0 Å². The fourth-order valence-corrected chi connectivity index (χ4v) is 4.55. The Balaban J connectivity index is 1.46. The van der Waals surface area contributed by atoms with Gasteiger partial charge in [-0.2, -0.15) is 13.2 Å². The van der Waals surface area contributed by atoms with Crippen LogP contribution in [0, 0.1) is 11.7 Å². The number of halogens is 4. The Kier molecular flexibility index (Phi) is 4.25. The number of benzene rings is 2. The Hall–Kier alpha value is -2.35. The number of nitrogens with one attached hydrogen (secondary N) is 1. The zero-order chi connectivity index (χ0) is 19.2. The molecule has 1 N–H and O–H groups in total. The lowest BCUT2D eigenvalue weighted by Gasteiger charge is -2.06. The molecule has 1 aliphatic heterocycles. The molecule has 3 nitrogen and oxygen atoms in total. The molecule has 0 radical (unpaired) electrons. The molecule has 1 heterocycles. The van der Waals surface area contributed by atoms with E-state index in [0.717, 1.165) is 17.7 Å². The zero-order valence-corrected chi connectivity index (χ0v) is 14.7. The van der Waals surface area contributed by atoms with Crippen molar-refractivity contribution in [1.29, 1.82) is 0 Å². The van der Waals surface area contributed by atoms with Crippen LogP contribution in [0.1, 0.15) is 17.5 Å². The average molecular weight is 394 g/mol. The highest BCUT2D eigenvalue weighted by Crippen LogP contribution is 2.58. The van der Waals surface area contributed by atoms with Gasteiger partial charge in [-0.25, -0.2) is 9.38 Å². The Morgan fingerprint density at radius 3 is 2.59 bits per heavy atom. The molecule has 8 heteroatoms. The maximum atomic E-state index is 13.3. The van der Waals surface area contributed by atoms with Crippen molar-refractivity contribution in [2.24, 2.45) is 10.9 Å². The van der Waals surface area contributed by atoms with E-state index >= 15 is 0 Å². The van der Waals surface area contributed by atoms with Crippen molar-refractivity contribution in [3.63, 3.8) is 0 Å². The number of carbonyl (C=O) groups excluding carboxylic acids is 1. The van der Waals surface area contributed by atoms with E-state index in [-0.39, 0.29) is 17.6 Å². The van der Waals surface area contributed by atoms with E-state index in [0.29, 0.717) is 23.7 Å². The molecule has 2 unspecified atom stereocenters. The molecule has 1 aliphatic carbocycles. The van der Waals surface area contributed by atoms with E-state index in [9.17, 15) is 22.4 Å². The predicted molar refractivity (Wildman–Crippen MR) is 95.2 cm³/mol. The minimum absolute atomic E-state index is 0.0737. The van der Waals surface area contributed by atoms with Crippen molar-refractivity contribution in [3.8, 4) is 0 Å². The molecule has 2 atom stereocenters. The van der Waals surface area contributed by atoms with Crippen molar-refractivity contribution >= 4 is 28.5 Å². The second-order valence-electron chi connectivity index (χ2n) is 6.64. The highest BCUT2D eigenvalue weighted by molar-refractivity contribution is 8.16. The second-order valence-corrected chi connectivity index (χ2v) is 7.96. The number of rotatable bonds is 3. The fraction of sp³-hybridized carbons (Fsp3) is 0.263. The van der Waals surface area contributed by atoms with Crippen LogP contribution in [0.4, 0.5) is 23.2 Å². The molecule has 2 aliphatic rings. The summed E-state index contributed by atoms with van der Waals surface area (Å²) in [6.07, 6.45) is -3.15. The van der Waals surface area contributed by atoms with E-state index < -0.39 is 16.5 Å². The summed E-state index contributed by atoms with van der Waals surface area (Å²) in [5.41, 5.74) is 0.423. The maximum absolute atomic E-state index is 13.3. The van der Waals surface area contributed by atoms with Crippen LogP contribution in [0.5, 0.6) is 0 Å². The molecular formula is C19H14F4N2OS. The highest BCUT2D eigenvalue weighted by Gasteiger charge is 2.64. The smallest absolute Gasteiger partial charge is 0.304 e. The van der Waals surface area contributed by atoms with Crippen molar-refractivity contribution in [1.82, 2.24) is 5.32 Å². The molecule has 27 heavy (non-hydrogen) atoms. The first-order valence-corrected chi connectivity index (χ1v) is 9.09. The summed E-state index contributed by atoms with van der Waals surface area (Å²) < 4.78 is 50.5. The molecule has 1 saturated carbocycles. The molecular weight excluding hydrogens is 380 g/mol. The van der Waals surface area contributed by atoms with Crippen LogP contribution < -0.4 is 5.32 Å². The number of carbonyl (C=O) groups is 1. The molecule has 2 aromatic carbocycles. The fourth-order valence-electron chi connectivity index (χ4n) is 3.24. The van der Waals surface area contributed by atoms with Crippen molar-refractivity contribution in [2.45, 2.75) is 23.8 Å². The second kappa shape index (κ2) is 6.37. The Bertz CT molecular complexity index is 926. The van der Waals surface area contributed by atoms with E-state index in [1.807, 2.05) is 6.07 Å². The third-order valence-corrected chi connectivity index (χ3v) is 6.17. The third kappa shape index (κ3) is 3.58. The number of amidine groups is 1. The largest absolute Gasteiger partial charge is 0.416 e. The van der Waals surface area contributed by atoms with Crippen LogP contribution in [0.15, 0.2) is 53.5 Å². The Morgan fingerprint density at radius 1 is 1.19 bits per heavy atom. The van der Waals surface area contributed by atoms with Crippen molar-refractivity contribution < 1.29 is 22.4 Å². The number of thioether (sulfide) groups is 1. The standard InChI is InChI=1S/C19H14F4N2OS/c20-14-3-1-2-11(9-14)8-13-10-18(13)16(26)25-17(27-18)24-15-6-4-12(5-7-15)19(21,22)23/h1-7,9,13H,8,10H2,(H,24,25,26). The van der Waals surface area contributed by atoms with Crippen molar-refractivity contribution in [3.05, 3.63) is 65.5 Å². The summed E-state index contributed by atoms with van der Waals surface area (Å²) in [6, 6.07) is 10.7. The van der Waals surface area contributed by atoms with Crippen LogP contribution in [0.3, 0.4) is 0 Å². The lowest BCUT2D eigenvalue weighted by atomic mass is 10.1. The summed E-state index contributed by atoms with van der Waals surface area (Å²) in [5, 5.41) is 3.08. The van der Waals surface area contributed by atoms with E-state index in [1.54, 1.807) is 6.07 Å². The molecule has 2 aromatic rings. The monoisotopic (exact) mass is 394 g/mol. The lowest BCUT2D eigenvalue weighted by molar-refractivity contribution is -0.137. The van der Waals surface area contributed by atoms with Gasteiger partial charge >= 0.3 is 6.18 Å². The molecule has 0 aromatic heterocycles. The first-order valence-electron chi connectivity index (χ1n) is 8.27. The highest BCUT2D eigenvalue weighted by atomic mass is 32.2. The Labute approximate surface area is 156 Å². The summed E-state index contributed by atoms with van der Waals surface area (Å²) >= 11 is 1.30. The van der Waals surface area contributed by atoms with Gasteiger partial charge < -0.3 is 5.32 Å². The van der Waals surface area contributed by atoms with Crippen LogP contribution >= 0.6 is 11.8 Å². The van der Waals surface area contributed by atoms with Gasteiger partial charge in [0.25, 0.3) is 0 Å². The van der Waals surface area contributed by atoms with E-state index in [2.05, 4.69) is 10.3 Å². The summed E-state index contributed by atoms with van der Waals surface area (Å²) in [6.45, 7) is 0. The average Bonchev–Trinajstić information content (AvgIpc) is 3.17. The molecule has 1 amide bonds. The molecule has 0 bridgehead atoms. The van der Waals surface area contributed by atoms with Gasteiger partial charge in [-0.3, -0.25) is 4.79 Å². The van der Waals surface area contributed by atoms with Gasteiger partial charge in [0.05, 0.1) is 11.3 Å². The van der Waals surface area contributed by atoms with Gasteiger partial charge in [0.1, 0.15) is 10.6 Å². The van der Waals surface area contributed by atoms with E-state index in [1.165, 1.54) is 36.0 Å². The lowest BCUT2D eigenvalue weighted by Crippen LogP contribution is -2.27.